The highest BCUT2D eigenvalue weighted by Gasteiger charge is 2.25. The first-order chi connectivity index (χ1) is 11.2. The summed E-state index contributed by atoms with van der Waals surface area (Å²) in [5.74, 6) is 0.822. The predicted molar refractivity (Wildman–Crippen MR) is 94.3 cm³/mol. The number of likely N-dealkylation sites (tertiary alicyclic amines) is 1. The van der Waals surface area contributed by atoms with Crippen molar-refractivity contribution in [3.8, 4) is 11.8 Å². The van der Waals surface area contributed by atoms with Crippen molar-refractivity contribution in [1.29, 1.82) is 5.26 Å². The average Bonchev–Trinajstić information content (AvgIpc) is 2.60. The number of nitrogens with zero attached hydrogens (tertiary/aromatic N) is 2. The number of esters is 1. The SMILES string of the molecule is CCOC(=O)C1CCN(CCCOc2ccc(C#N)cc2)CC1.Cl. The Bertz CT molecular complexity index is 534. The number of nitriles is 1. The van der Waals surface area contributed by atoms with E-state index in [0.29, 0.717) is 18.8 Å². The van der Waals surface area contributed by atoms with Crippen LogP contribution in [0.4, 0.5) is 0 Å². The first kappa shape index (κ1) is 20.3. The molecule has 6 heteroatoms. The predicted octanol–water partition coefficient (Wildman–Crippen LogP) is 3.02. The second-order valence-corrected chi connectivity index (χ2v) is 5.71. The van der Waals surface area contributed by atoms with E-state index in [1.54, 1.807) is 12.1 Å². The molecular weight excluding hydrogens is 328 g/mol. The molecule has 5 nitrogen and oxygen atoms in total. The Morgan fingerprint density at radius 2 is 1.96 bits per heavy atom. The van der Waals surface area contributed by atoms with Crippen molar-refractivity contribution >= 4 is 18.4 Å². The van der Waals surface area contributed by atoms with Crippen molar-refractivity contribution in [3.05, 3.63) is 29.8 Å². The van der Waals surface area contributed by atoms with Crippen LogP contribution in [0.25, 0.3) is 0 Å². The molecule has 1 aromatic carbocycles. The number of piperidine rings is 1. The van der Waals surface area contributed by atoms with Crippen molar-refractivity contribution in [2.45, 2.75) is 26.2 Å². The van der Waals surface area contributed by atoms with Crippen LogP contribution in [0.2, 0.25) is 0 Å². The van der Waals surface area contributed by atoms with Crippen LogP contribution in [0.3, 0.4) is 0 Å². The zero-order valence-corrected chi connectivity index (χ0v) is 14.9. The molecule has 0 spiro atoms. The summed E-state index contributed by atoms with van der Waals surface area (Å²) in [6.45, 7) is 5.84. The molecule has 1 aromatic rings. The molecule has 1 saturated heterocycles. The van der Waals surface area contributed by atoms with Crippen LogP contribution in [-0.2, 0) is 9.53 Å². The van der Waals surface area contributed by atoms with Crippen molar-refractivity contribution in [3.63, 3.8) is 0 Å². The van der Waals surface area contributed by atoms with E-state index < -0.39 is 0 Å². The molecule has 0 saturated carbocycles. The summed E-state index contributed by atoms with van der Waals surface area (Å²) < 4.78 is 10.8. The van der Waals surface area contributed by atoms with Crippen LogP contribution in [-0.4, -0.2) is 43.7 Å². The van der Waals surface area contributed by atoms with E-state index in [0.717, 1.165) is 44.6 Å². The highest BCUT2D eigenvalue weighted by Crippen LogP contribution is 2.19. The summed E-state index contributed by atoms with van der Waals surface area (Å²) >= 11 is 0. The summed E-state index contributed by atoms with van der Waals surface area (Å²) in [6, 6.07) is 9.25. The van der Waals surface area contributed by atoms with Gasteiger partial charge in [-0.1, -0.05) is 0 Å². The lowest BCUT2D eigenvalue weighted by Crippen LogP contribution is -2.37. The Morgan fingerprint density at radius 3 is 2.54 bits per heavy atom. The van der Waals surface area contributed by atoms with Gasteiger partial charge in [-0.15, -0.1) is 12.4 Å². The zero-order chi connectivity index (χ0) is 16.5. The fraction of sp³-hybridized carbons (Fsp3) is 0.556. The lowest BCUT2D eigenvalue weighted by molar-refractivity contribution is -0.149. The minimum Gasteiger partial charge on any atom is -0.494 e. The zero-order valence-electron chi connectivity index (χ0n) is 14.1. The topological polar surface area (TPSA) is 62.6 Å². The molecule has 24 heavy (non-hydrogen) atoms. The van der Waals surface area contributed by atoms with E-state index in [-0.39, 0.29) is 24.3 Å². The maximum atomic E-state index is 11.7. The van der Waals surface area contributed by atoms with E-state index in [1.807, 2.05) is 19.1 Å². The summed E-state index contributed by atoms with van der Waals surface area (Å²) in [6.07, 6.45) is 2.72. The highest BCUT2D eigenvalue weighted by molar-refractivity contribution is 5.85. The molecule has 0 aromatic heterocycles. The molecule has 0 atom stereocenters. The second-order valence-electron chi connectivity index (χ2n) is 5.71. The number of benzene rings is 1. The molecule has 0 bridgehead atoms. The molecule has 0 radical (unpaired) electrons. The first-order valence-electron chi connectivity index (χ1n) is 8.25. The van der Waals surface area contributed by atoms with Gasteiger partial charge in [0.15, 0.2) is 0 Å². The first-order valence-corrected chi connectivity index (χ1v) is 8.25. The van der Waals surface area contributed by atoms with E-state index in [4.69, 9.17) is 14.7 Å². The molecule has 1 heterocycles. The van der Waals surface area contributed by atoms with Crippen LogP contribution in [0, 0.1) is 17.2 Å². The third-order valence-corrected chi connectivity index (χ3v) is 4.08. The van der Waals surface area contributed by atoms with E-state index in [9.17, 15) is 4.79 Å². The second kappa shape index (κ2) is 10.9. The number of hydrogen-bond acceptors (Lipinski definition) is 5. The monoisotopic (exact) mass is 352 g/mol. The Morgan fingerprint density at radius 1 is 1.29 bits per heavy atom. The molecule has 0 N–H and O–H groups in total. The maximum Gasteiger partial charge on any atom is 0.309 e. The van der Waals surface area contributed by atoms with E-state index in [1.165, 1.54) is 0 Å². The van der Waals surface area contributed by atoms with Gasteiger partial charge in [0.1, 0.15) is 5.75 Å². The molecule has 1 aliphatic rings. The van der Waals surface area contributed by atoms with Gasteiger partial charge >= 0.3 is 5.97 Å². The normalized spacial score (nSPS) is 15.2. The molecule has 0 unspecified atom stereocenters. The van der Waals surface area contributed by atoms with Gasteiger partial charge in [0.2, 0.25) is 0 Å². The number of ether oxygens (including phenoxy) is 2. The summed E-state index contributed by atoms with van der Waals surface area (Å²) in [4.78, 5) is 14.1. The lowest BCUT2D eigenvalue weighted by atomic mass is 9.97. The fourth-order valence-corrected chi connectivity index (χ4v) is 2.76. The van der Waals surface area contributed by atoms with Gasteiger partial charge in [-0.3, -0.25) is 4.79 Å². The van der Waals surface area contributed by atoms with Gasteiger partial charge in [-0.05, 0) is 63.5 Å². The maximum absolute atomic E-state index is 11.7. The van der Waals surface area contributed by atoms with Crippen molar-refractivity contribution in [1.82, 2.24) is 4.90 Å². The van der Waals surface area contributed by atoms with Crippen LogP contribution < -0.4 is 4.74 Å². The Kier molecular flexibility index (Phi) is 9.21. The van der Waals surface area contributed by atoms with Crippen molar-refractivity contribution in [2.24, 2.45) is 5.92 Å². The Balaban J connectivity index is 0.00000288. The minimum atomic E-state index is -0.0451. The van der Waals surface area contributed by atoms with E-state index in [2.05, 4.69) is 11.0 Å². The van der Waals surface area contributed by atoms with Gasteiger partial charge in [0.05, 0.1) is 30.8 Å². The summed E-state index contributed by atoms with van der Waals surface area (Å²) in [5, 5.41) is 8.74. The number of carbonyl (C=O) groups is 1. The molecule has 132 valence electrons. The largest absolute Gasteiger partial charge is 0.494 e. The van der Waals surface area contributed by atoms with Gasteiger partial charge in [-0.2, -0.15) is 5.26 Å². The molecule has 0 amide bonds. The third kappa shape index (κ3) is 6.38. The highest BCUT2D eigenvalue weighted by atomic mass is 35.5. The van der Waals surface area contributed by atoms with Crippen LogP contribution >= 0.6 is 12.4 Å². The Hall–Kier alpha value is -1.77. The van der Waals surface area contributed by atoms with Crippen molar-refractivity contribution in [2.75, 3.05) is 32.8 Å². The number of rotatable bonds is 7. The van der Waals surface area contributed by atoms with Gasteiger partial charge in [0.25, 0.3) is 0 Å². The van der Waals surface area contributed by atoms with E-state index >= 15 is 0 Å². The van der Waals surface area contributed by atoms with Crippen LogP contribution in [0.15, 0.2) is 24.3 Å². The lowest BCUT2D eigenvalue weighted by Gasteiger charge is -2.30. The average molecular weight is 353 g/mol. The van der Waals surface area contributed by atoms with Crippen LogP contribution in [0.5, 0.6) is 5.75 Å². The smallest absolute Gasteiger partial charge is 0.309 e. The van der Waals surface area contributed by atoms with Gasteiger partial charge in [0, 0.05) is 6.54 Å². The number of hydrogen-bond donors (Lipinski definition) is 0. The molecule has 1 fully saturated rings. The summed E-state index contributed by atoms with van der Waals surface area (Å²) in [7, 11) is 0. The standard InChI is InChI=1S/C18H24N2O3.ClH/c1-2-22-18(21)16-8-11-20(12-9-16)10-3-13-23-17-6-4-15(14-19)5-7-17;/h4-7,16H,2-3,8-13H2,1H3;1H. The molecule has 0 aliphatic carbocycles. The third-order valence-electron chi connectivity index (χ3n) is 4.08. The number of halogens is 1. The molecular formula is C18H25ClN2O3. The summed E-state index contributed by atoms with van der Waals surface area (Å²) in [5.41, 5.74) is 0.641. The van der Waals surface area contributed by atoms with Crippen molar-refractivity contribution < 1.29 is 14.3 Å². The number of carbonyl (C=O) groups excluding carboxylic acids is 1. The van der Waals surface area contributed by atoms with Gasteiger partial charge in [-0.25, -0.2) is 0 Å². The molecule has 1 aliphatic heterocycles. The van der Waals surface area contributed by atoms with Crippen LogP contribution in [0.1, 0.15) is 31.7 Å². The van der Waals surface area contributed by atoms with Gasteiger partial charge < -0.3 is 14.4 Å². The fourth-order valence-electron chi connectivity index (χ4n) is 2.76. The molecule has 2 rings (SSSR count). The quantitative estimate of drug-likeness (QED) is 0.557. The Labute approximate surface area is 149 Å². The minimum absolute atomic E-state index is 0.